The summed E-state index contributed by atoms with van der Waals surface area (Å²) in [6.07, 6.45) is -10.2. The number of nitriles is 3. The van der Waals surface area contributed by atoms with E-state index in [1.807, 2.05) is 0 Å². The number of aromatic nitrogens is 3. The van der Waals surface area contributed by atoms with Crippen molar-refractivity contribution in [1.82, 2.24) is 15.0 Å². The maximum Gasteiger partial charge on any atom is 0.416 e. The van der Waals surface area contributed by atoms with Gasteiger partial charge in [-0.3, -0.25) is 0 Å². The van der Waals surface area contributed by atoms with Crippen LogP contribution in [0.1, 0.15) is 27.8 Å². The van der Waals surface area contributed by atoms with E-state index >= 15 is 0 Å². The lowest BCUT2D eigenvalue weighted by Gasteiger charge is -2.19. The number of alkyl halides is 6. The molecule has 0 fully saturated rings. The fraction of sp³-hybridized carbons (Fsp3) is 0.0455. The van der Waals surface area contributed by atoms with E-state index < -0.39 is 23.5 Å². The van der Waals surface area contributed by atoms with Gasteiger partial charge in [-0.25, -0.2) is 15.0 Å². The van der Waals surface area contributed by atoms with Crippen molar-refractivity contribution >= 4 is 32.7 Å². The zero-order chi connectivity index (χ0) is 39.4. The van der Waals surface area contributed by atoms with Crippen molar-refractivity contribution in [1.29, 1.82) is 15.8 Å². The van der Waals surface area contributed by atoms with E-state index in [2.05, 4.69) is 18.2 Å². The molecule has 0 unspecified atom stereocenters. The average Bonchev–Trinajstić information content (AvgIpc) is 3.21. The Morgan fingerprint density at radius 3 is 1.52 bits per heavy atom. The molecule has 0 amide bonds. The molecule has 2 aromatic heterocycles. The van der Waals surface area contributed by atoms with Crippen molar-refractivity contribution in [2.75, 3.05) is 0 Å². The molecule has 6 nitrogen and oxygen atoms in total. The Hall–Kier alpha value is -7.62. The van der Waals surface area contributed by atoms with Gasteiger partial charge in [-0.2, -0.15) is 42.1 Å². The number of fused-ring (bicyclic) bond motifs is 5. The second kappa shape index (κ2) is 13.3. The molecule has 0 saturated carbocycles. The maximum atomic E-state index is 14.0. The van der Waals surface area contributed by atoms with Crippen LogP contribution in [0.25, 0.3) is 77.6 Å². The van der Waals surface area contributed by atoms with Crippen LogP contribution < -0.4 is 0 Å². The predicted molar refractivity (Wildman–Crippen MR) is 198 cm³/mol. The first-order valence-corrected chi connectivity index (χ1v) is 16.8. The molecule has 0 atom stereocenters. The molecule has 6 aromatic carbocycles. The molecule has 56 heavy (non-hydrogen) atoms. The van der Waals surface area contributed by atoms with Gasteiger partial charge in [0.15, 0.2) is 0 Å². The summed E-state index contributed by atoms with van der Waals surface area (Å²) in [5.74, 6) is 0. The topological polar surface area (TPSA) is 110 Å². The van der Waals surface area contributed by atoms with Crippen LogP contribution in [-0.2, 0) is 12.4 Å². The van der Waals surface area contributed by atoms with Crippen molar-refractivity contribution in [2.45, 2.75) is 12.4 Å². The van der Waals surface area contributed by atoms with Crippen molar-refractivity contribution < 1.29 is 26.3 Å². The Kier molecular flexibility index (Phi) is 8.44. The van der Waals surface area contributed by atoms with Crippen LogP contribution in [0.5, 0.6) is 0 Å². The first-order chi connectivity index (χ1) is 26.9. The summed E-state index contributed by atoms with van der Waals surface area (Å²) < 4.78 is 84.1. The summed E-state index contributed by atoms with van der Waals surface area (Å²) in [6, 6.07) is 35.8. The predicted octanol–water partition coefficient (Wildman–Crippen LogP) is 11.7. The minimum atomic E-state index is -5.08. The van der Waals surface area contributed by atoms with Crippen molar-refractivity contribution in [3.63, 3.8) is 0 Å². The van der Waals surface area contributed by atoms with E-state index in [9.17, 15) is 42.1 Å². The molecule has 268 valence electrons. The van der Waals surface area contributed by atoms with Gasteiger partial charge in [-0.1, -0.05) is 66.7 Å². The normalized spacial score (nSPS) is 11.7. The fourth-order valence-electron chi connectivity index (χ4n) is 6.80. The summed E-state index contributed by atoms with van der Waals surface area (Å²) in [4.78, 5) is 15.1. The highest BCUT2D eigenvalue weighted by atomic mass is 19.4. The van der Waals surface area contributed by atoms with Crippen LogP contribution in [0.4, 0.5) is 26.3 Å². The first-order valence-electron chi connectivity index (χ1n) is 16.8. The third kappa shape index (κ3) is 6.17. The molecule has 2 heterocycles. The van der Waals surface area contributed by atoms with Crippen molar-refractivity contribution in [3.05, 3.63) is 149 Å². The highest BCUT2D eigenvalue weighted by Gasteiger charge is 2.37. The Morgan fingerprint density at radius 1 is 0.446 bits per heavy atom. The van der Waals surface area contributed by atoms with Crippen LogP contribution in [0.15, 0.2) is 121 Å². The Labute approximate surface area is 313 Å². The minimum absolute atomic E-state index is 0.0256. The molecular weight excluding hydrogens is 727 g/mol. The van der Waals surface area contributed by atoms with Gasteiger partial charge in [0.1, 0.15) is 0 Å². The average molecular weight is 747 g/mol. The molecular formula is C44H20F6N6. The lowest BCUT2D eigenvalue weighted by molar-refractivity contribution is -0.143. The molecule has 0 radical (unpaired) electrons. The summed E-state index contributed by atoms with van der Waals surface area (Å²) >= 11 is 0. The third-order valence-electron chi connectivity index (χ3n) is 9.38. The van der Waals surface area contributed by atoms with E-state index in [0.717, 1.165) is 0 Å². The van der Waals surface area contributed by atoms with Gasteiger partial charge in [-0.05, 0) is 65.7 Å². The van der Waals surface area contributed by atoms with Gasteiger partial charge in [0.05, 0.1) is 79.7 Å². The number of para-hydroxylation sites is 1. The fourth-order valence-corrected chi connectivity index (χ4v) is 6.80. The lowest BCUT2D eigenvalue weighted by atomic mass is 9.90. The molecule has 0 aliphatic carbocycles. The first kappa shape index (κ1) is 35.4. The largest absolute Gasteiger partial charge is 0.416 e. The number of nitrogens with zero attached hydrogens (tertiary/aromatic N) is 6. The molecule has 0 aliphatic rings. The molecule has 0 bridgehead atoms. The number of halogens is 6. The van der Waals surface area contributed by atoms with E-state index in [0.29, 0.717) is 73.1 Å². The standard InChI is InChI=1S/C44H20F6N6/c45-43(46,47)30-17-28(18-31(20-30)44(48,49)50)32-5-1-2-6-33(32)41-37-29(23-53)19-36-42(38(37)34-7-3-4-8-35(34)54-41)56-40(27-15-11-25(22-52)12-16-27)39(55-36)26-13-9-24(21-51)10-14-26/h1-20H. The highest BCUT2D eigenvalue weighted by Crippen LogP contribution is 2.45. The highest BCUT2D eigenvalue weighted by molar-refractivity contribution is 6.23. The lowest BCUT2D eigenvalue weighted by Crippen LogP contribution is -2.11. The van der Waals surface area contributed by atoms with E-state index in [4.69, 9.17) is 15.0 Å². The van der Waals surface area contributed by atoms with E-state index in [-0.39, 0.29) is 39.4 Å². The number of pyridine rings is 1. The van der Waals surface area contributed by atoms with E-state index in [1.54, 1.807) is 78.9 Å². The number of hydrogen-bond donors (Lipinski definition) is 0. The van der Waals surface area contributed by atoms with Crippen LogP contribution >= 0.6 is 0 Å². The zero-order valence-electron chi connectivity index (χ0n) is 28.5. The zero-order valence-corrected chi connectivity index (χ0v) is 28.5. The Bertz CT molecular complexity index is 2990. The molecule has 8 aromatic rings. The molecule has 0 N–H and O–H groups in total. The van der Waals surface area contributed by atoms with Gasteiger partial charge in [-0.15, -0.1) is 0 Å². The SMILES string of the molecule is N#Cc1ccc(-c2nc3cc(C#N)c4c(-c5ccccc5-c5cc(C(F)(F)F)cc(C(F)(F)F)c5)nc5ccccc5c4c3nc2-c2ccc(C#N)cc2)cc1. The maximum absolute atomic E-state index is 14.0. The van der Waals surface area contributed by atoms with Gasteiger partial charge in [0, 0.05) is 32.8 Å². The summed E-state index contributed by atoms with van der Waals surface area (Å²) in [5, 5.41) is 30.8. The Balaban J connectivity index is 1.49. The minimum Gasteiger partial charge on any atom is -0.247 e. The molecule has 0 spiro atoms. The van der Waals surface area contributed by atoms with E-state index in [1.165, 1.54) is 24.3 Å². The van der Waals surface area contributed by atoms with Gasteiger partial charge in [0.25, 0.3) is 0 Å². The Morgan fingerprint density at radius 2 is 0.964 bits per heavy atom. The number of rotatable bonds is 4. The van der Waals surface area contributed by atoms with Crippen molar-refractivity contribution in [3.8, 4) is 63.1 Å². The third-order valence-corrected chi connectivity index (χ3v) is 9.38. The van der Waals surface area contributed by atoms with Crippen LogP contribution in [0, 0.1) is 34.0 Å². The quantitative estimate of drug-likeness (QED) is 0.131. The van der Waals surface area contributed by atoms with Gasteiger partial charge < -0.3 is 0 Å². The monoisotopic (exact) mass is 746 g/mol. The second-order valence-electron chi connectivity index (χ2n) is 12.8. The number of hydrogen-bond acceptors (Lipinski definition) is 6. The summed E-state index contributed by atoms with van der Waals surface area (Å²) in [5.41, 5.74) is 1.09. The van der Waals surface area contributed by atoms with Crippen LogP contribution in [0.2, 0.25) is 0 Å². The summed E-state index contributed by atoms with van der Waals surface area (Å²) in [6.45, 7) is 0. The molecule has 0 aliphatic heterocycles. The molecule has 8 rings (SSSR count). The molecule has 12 heteroatoms. The van der Waals surface area contributed by atoms with Gasteiger partial charge >= 0.3 is 12.4 Å². The second-order valence-corrected chi connectivity index (χ2v) is 12.8. The van der Waals surface area contributed by atoms with Gasteiger partial charge in [0.2, 0.25) is 0 Å². The van der Waals surface area contributed by atoms with Crippen LogP contribution in [0.3, 0.4) is 0 Å². The summed E-state index contributed by atoms with van der Waals surface area (Å²) in [7, 11) is 0. The number of benzene rings is 6. The molecule has 0 saturated heterocycles. The smallest absolute Gasteiger partial charge is 0.247 e. The van der Waals surface area contributed by atoms with Crippen LogP contribution in [-0.4, -0.2) is 15.0 Å². The van der Waals surface area contributed by atoms with Crippen molar-refractivity contribution in [2.24, 2.45) is 0 Å².